The molecule has 2 N–H and O–H groups in total. The van der Waals surface area contributed by atoms with E-state index in [4.69, 9.17) is 4.74 Å². The first-order valence-corrected chi connectivity index (χ1v) is 10.5. The predicted molar refractivity (Wildman–Crippen MR) is 106 cm³/mol. The first-order chi connectivity index (χ1) is 12.6. The summed E-state index contributed by atoms with van der Waals surface area (Å²) in [6.45, 7) is 13.1. The summed E-state index contributed by atoms with van der Waals surface area (Å²) in [6, 6.07) is 0. The monoisotopic (exact) mass is 376 g/mol. The van der Waals surface area contributed by atoms with E-state index in [1.807, 2.05) is 13.0 Å². The van der Waals surface area contributed by atoms with Gasteiger partial charge in [0.15, 0.2) is 5.78 Å². The van der Waals surface area contributed by atoms with Gasteiger partial charge in [-0.25, -0.2) is 0 Å². The van der Waals surface area contributed by atoms with E-state index in [0.29, 0.717) is 24.2 Å². The molecule has 4 nitrogen and oxygen atoms in total. The maximum Gasteiger partial charge on any atom is 0.158 e. The van der Waals surface area contributed by atoms with Gasteiger partial charge in [0.25, 0.3) is 0 Å². The molecule has 0 aromatic carbocycles. The molecule has 0 unspecified atom stereocenters. The molecule has 2 saturated carbocycles. The molecule has 0 aromatic heterocycles. The number of ketones is 1. The lowest BCUT2D eigenvalue weighted by Crippen LogP contribution is -2.49. The molecule has 0 radical (unpaired) electrons. The summed E-state index contributed by atoms with van der Waals surface area (Å²) >= 11 is 0. The molecule has 1 heterocycles. The van der Waals surface area contributed by atoms with Gasteiger partial charge in [-0.05, 0) is 68.9 Å². The first-order valence-electron chi connectivity index (χ1n) is 10.5. The molecule has 1 spiro atoms. The van der Waals surface area contributed by atoms with Crippen molar-refractivity contribution in [3.8, 4) is 0 Å². The van der Waals surface area contributed by atoms with Gasteiger partial charge < -0.3 is 14.9 Å². The molecule has 4 heteroatoms. The summed E-state index contributed by atoms with van der Waals surface area (Å²) in [5.74, 6) is 1.02. The second-order valence-electron chi connectivity index (χ2n) is 9.50. The average Bonchev–Trinajstić information content (AvgIpc) is 3.03. The highest BCUT2D eigenvalue weighted by Crippen LogP contribution is 2.65. The molecule has 3 aliphatic carbocycles. The molecule has 7 atom stereocenters. The number of ether oxygens (including phenoxy) is 1. The van der Waals surface area contributed by atoms with Gasteiger partial charge in [0.1, 0.15) is 0 Å². The molecule has 0 amide bonds. The minimum Gasteiger partial charge on any atom is -0.393 e. The number of aliphatic hydroxyl groups is 2. The van der Waals surface area contributed by atoms with Crippen molar-refractivity contribution in [1.29, 1.82) is 0 Å². The lowest BCUT2D eigenvalue weighted by molar-refractivity contribution is -0.115. The fourth-order valence-electron chi connectivity index (χ4n) is 6.03. The van der Waals surface area contributed by atoms with E-state index in [2.05, 4.69) is 27.4 Å². The lowest BCUT2D eigenvalue weighted by atomic mass is 9.60. The van der Waals surface area contributed by atoms with Crippen LogP contribution in [0.2, 0.25) is 0 Å². The van der Waals surface area contributed by atoms with Crippen molar-refractivity contribution in [3.63, 3.8) is 0 Å². The molecule has 152 valence electrons. The van der Waals surface area contributed by atoms with Crippen LogP contribution in [-0.4, -0.2) is 40.9 Å². The summed E-state index contributed by atoms with van der Waals surface area (Å²) in [6.07, 6.45) is 6.84. The number of carbonyl (C=O) groups excluding carboxylic acids is 1. The van der Waals surface area contributed by atoms with E-state index < -0.39 is 6.10 Å². The smallest absolute Gasteiger partial charge is 0.158 e. The van der Waals surface area contributed by atoms with Crippen LogP contribution in [0.25, 0.3) is 0 Å². The molecule has 27 heavy (non-hydrogen) atoms. The Morgan fingerprint density at radius 2 is 1.96 bits per heavy atom. The van der Waals surface area contributed by atoms with Crippen molar-refractivity contribution in [2.24, 2.45) is 22.7 Å². The van der Waals surface area contributed by atoms with Crippen LogP contribution in [0.15, 0.2) is 23.8 Å². The third-order valence-electron chi connectivity index (χ3n) is 8.17. The highest BCUT2D eigenvalue weighted by atomic mass is 16.5. The van der Waals surface area contributed by atoms with Crippen LogP contribution in [-0.2, 0) is 9.53 Å². The van der Waals surface area contributed by atoms with E-state index in [-0.39, 0.29) is 23.0 Å². The second-order valence-corrected chi connectivity index (χ2v) is 9.50. The summed E-state index contributed by atoms with van der Waals surface area (Å²) < 4.78 is 5.76. The van der Waals surface area contributed by atoms with Crippen LogP contribution >= 0.6 is 0 Å². The molecule has 0 bridgehead atoms. The Morgan fingerprint density at radius 1 is 1.26 bits per heavy atom. The number of aliphatic hydroxyl groups excluding tert-OH is 2. The number of hydrogen-bond acceptors (Lipinski definition) is 4. The normalized spacial score (nSPS) is 46.7. The Hall–Kier alpha value is -0.970. The van der Waals surface area contributed by atoms with Gasteiger partial charge in [-0.2, -0.15) is 0 Å². The highest BCUT2D eigenvalue weighted by Gasteiger charge is 2.67. The standard InChI is InChI=1S/C16H26O3.C7H10O/c1-9-5-13(17)6-12-7-16(14(18)15(9,12)4)10(2)8-19-11(16)3;1-6-4-2-3-5-7(6)8/h9,11-14,17-18H,2,5-8H2,1,3-4H3;4H,2-3,5H2,1H3/t9-,11+,12+,13+,14-,15+,16+;/m1./s1. The number of allylic oxidation sites excluding steroid dienone is 2. The Labute approximate surface area is 163 Å². The van der Waals surface area contributed by atoms with E-state index in [1.165, 1.54) is 0 Å². The largest absolute Gasteiger partial charge is 0.393 e. The van der Waals surface area contributed by atoms with Crippen LogP contribution in [0, 0.1) is 22.7 Å². The molecular weight excluding hydrogens is 340 g/mol. The molecular formula is C23H36O4. The Kier molecular flexibility index (Phi) is 5.73. The fraction of sp³-hybridized carbons (Fsp3) is 0.783. The third kappa shape index (κ3) is 3.24. The third-order valence-corrected chi connectivity index (χ3v) is 8.17. The maximum absolute atomic E-state index is 11.1. The van der Waals surface area contributed by atoms with E-state index in [9.17, 15) is 15.0 Å². The number of carbonyl (C=O) groups is 1. The van der Waals surface area contributed by atoms with E-state index in [0.717, 1.165) is 49.7 Å². The fourth-order valence-corrected chi connectivity index (χ4v) is 6.03. The number of hydrogen-bond donors (Lipinski definition) is 2. The van der Waals surface area contributed by atoms with Crippen molar-refractivity contribution in [3.05, 3.63) is 23.8 Å². The van der Waals surface area contributed by atoms with E-state index >= 15 is 0 Å². The maximum atomic E-state index is 11.1. The Bertz CT molecular complexity index is 638. The van der Waals surface area contributed by atoms with Gasteiger partial charge in [0.2, 0.25) is 0 Å². The lowest BCUT2D eigenvalue weighted by Gasteiger charge is -2.47. The number of Topliss-reactive ketones (excluding diaryl/α,β-unsaturated/α-hetero) is 1. The van der Waals surface area contributed by atoms with Gasteiger partial charge in [-0.15, -0.1) is 0 Å². The minimum atomic E-state index is -0.405. The summed E-state index contributed by atoms with van der Waals surface area (Å²) in [5.41, 5.74) is 1.59. The quantitative estimate of drug-likeness (QED) is 0.631. The Morgan fingerprint density at radius 3 is 2.48 bits per heavy atom. The zero-order valence-corrected chi connectivity index (χ0v) is 17.3. The van der Waals surface area contributed by atoms with Gasteiger partial charge >= 0.3 is 0 Å². The molecule has 3 fully saturated rings. The van der Waals surface area contributed by atoms with Gasteiger partial charge in [0, 0.05) is 17.3 Å². The molecule has 4 aliphatic rings. The van der Waals surface area contributed by atoms with Crippen molar-refractivity contribution < 1.29 is 19.7 Å². The van der Waals surface area contributed by atoms with Crippen LogP contribution in [0.5, 0.6) is 0 Å². The molecule has 0 aromatic rings. The SMILES string of the molecule is C=C1CO[C@@H](C)[C@]12C[C@@H]1C[C@@H](O)C[C@@H](C)[C@]1(C)[C@H]2O.CC1=CCCCC1=O. The highest BCUT2D eigenvalue weighted by molar-refractivity contribution is 5.95. The van der Waals surface area contributed by atoms with Gasteiger partial charge in [0.05, 0.1) is 24.9 Å². The van der Waals surface area contributed by atoms with Crippen molar-refractivity contribution in [2.75, 3.05) is 6.61 Å². The average molecular weight is 377 g/mol. The van der Waals surface area contributed by atoms with Gasteiger partial charge in [-0.3, -0.25) is 4.79 Å². The zero-order valence-electron chi connectivity index (χ0n) is 17.3. The van der Waals surface area contributed by atoms with Crippen molar-refractivity contribution in [1.82, 2.24) is 0 Å². The summed E-state index contributed by atoms with van der Waals surface area (Å²) in [7, 11) is 0. The first kappa shape index (κ1) is 20.8. The molecule has 1 aliphatic heterocycles. The minimum absolute atomic E-state index is 0.0294. The number of fused-ring (bicyclic) bond motifs is 1. The van der Waals surface area contributed by atoms with Gasteiger partial charge in [-0.1, -0.05) is 26.5 Å². The van der Waals surface area contributed by atoms with Crippen LogP contribution in [0.4, 0.5) is 0 Å². The van der Waals surface area contributed by atoms with Crippen LogP contribution < -0.4 is 0 Å². The molecule has 1 saturated heterocycles. The predicted octanol–water partition coefficient (Wildman–Crippen LogP) is 3.81. The second kappa shape index (κ2) is 7.46. The van der Waals surface area contributed by atoms with Crippen molar-refractivity contribution in [2.45, 2.75) is 84.5 Å². The summed E-state index contributed by atoms with van der Waals surface area (Å²) in [5, 5.41) is 21.2. The number of rotatable bonds is 0. The van der Waals surface area contributed by atoms with Crippen LogP contribution in [0.3, 0.4) is 0 Å². The molecule has 4 rings (SSSR count). The summed E-state index contributed by atoms with van der Waals surface area (Å²) in [4.78, 5) is 10.7. The van der Waals surface area contributed by atoms with Crippen LogP contribution in [0.1, 0.15) is 66.2 Å². The Balaban J connectivity index is 0.000000221. The zero-order chi connectivity index (χ0) is 20.0. The van der Waals surface area contributed by atoms with E-state index in [1.54, 1.807) is 0 Å². The topological polar surface area (TPSA) is 66.8 Å². The van der Waals surface area contributed by atoms with Crippen molar-refractivity contribution >= 4 is 5.78 Å².